The van der Waals surface area contributed by atoms with Crippen molar-refractivity contribution < 1.29 is 0 Å². The maximum Gasteiger partial charge on any atom is 0.0831 e. The molecule has 1 fully saturated rings. The van der Waals surface area contributed by atoms with Crippen molar-refractivity contribution in [2.75, 3.05) is 13.1 Å². The van der Waals surface area contributed by atoms with E-state index >= 15 is 0 Å². The lowest BCUT2D eigenvalue weighted by molar-refractivity contribution is 0.317. The summed E-state index contributed by atoms with van der Waals surface area (Å²) >= 11 is 6.02. The van der Waals surface area contributed by atoms with Crippen molar-refractivity contribution in [2.45, 2.75) is 19.0 Å². The Morgan fingerprint density at radius 2 is 2.40 bits per heavy atom. The van der Waals surface area contributed by atoms with Crippen LogP contribution in [0.1, 0.15) is 12.1 Å². The summed E-state index contributed by atoms with van der Waals surface area (Å²) < 4.78 is 1.83. The van der Waals surface area contributed by atoms with Crippen LogP contribution in [0.2, 0.25) is 5.02 Å². The van der Waals surface area contributed by atoms with Crippen LogP contribution in [0.3, 0.4) is 0 Å². The topological polar surface area (TPSA) is 47.1 Å². The number of nitrogens with two attached hydrogens (primary N) is 1. The maximum absolute atomic E-state index is 6.02. The summed E-state index contributed by atoms with van der Waals surface area (Å²) in [5, 5.41) is 4.85. The number of aryl methyl sites for hydroxylation is 1. The first kappa shape index (κ1) is 12.8. The molecule has 1 aromatic rings. The van der Waals surface area contributed by atoms with Gasteiger partial charge in [0.05, 0.1) is 16.9 Å². The molecule has 86 valence electrons. The number of likely N-dealkylation sites (tertiary alicyclic amines) is 1. The third kappa shape index (κ3) is 2.84. The number of aromatic nitrogens is 2. The third-order valence-electron chi connectivity index (χ3n) is 2.69. The zero-order valence-corrected chi connectivity index (χ0v) is 10.3. The molecule has 0 amide bonds. The lowest BCUT2D eigenvalue weighted by Gasteiger charge is -2.15. The zero-order chi connectivity index (χ0) is 10.1. The second-order valence-electron chi connectivity index (χ2n) is 3.85. The molecule has 1 aromatic heterocycles. The van der Waals surface area contributed by atoms with Crippen LogP contribution in [0.15, 0.2) is 6.20 Å². The molecule has 1 aliphatic heterocycles. The highest BCUT2D eigenvalue weighted by Gasteiger charge is 2.20. The fourth-order valence-electron chi connectivity index (χ4n) is 1.83. The van der Waals surface area contributed by atoms with Crippen molar-refractivity contribution >= 4 is 24.0 Å². The Morgan fingerprint density at radius 1 is 1.67 bits per heavy atom. The normalized spacial score (nSPS) is 21.7. The molecule has 2 heterocycles. The first-order valence-electron chi connectivity index (χ1n) is 4.81. The van der Waals surface area contributed by atoms with Crippen molar-refractivity contribution in [2.24, 2.45) is 12.8 Å². The van der Waals surface area contributed by atoms with Crippen molar-refractivity contribution in [1.29, 1.82) is 0 Å². The van der Waals surface area contributed by atoms with E-state index in [9.17, 15) is 0 Å². The Labute approximate surface area is 101 Å². The summed E-state index contributed by atoms with van der Waals surface area (Å²) in [4.78, 5) is 2.31. The molecule has 2 N–H and O–H groups in total. The summed E-state index contributed by atoms with van der Waals surface area (Å²) in [6, 6.07) is 0.321. The van der Waals surface area contributed by atoms with E-state index in [0.29, 0.717) is 6.04 Å². The van der Waals surface area contributed by atoms with Gasteiger partial charge in [-0.2, -0.15) is 5.10 Å². The Balaban J connectivity index is 0.00000112. The number of nitrogens with zero attached hydrogens (tertiary/aromatic N) is 3. The van der Waals surface area contributed by atoms with Crippen LogP contribution < -0.4 is 5.73 Å². The Bertz CT molecular complexity index is 306. The van der Waals surface area contributed by atoms with Crippen LogP contribution in [-0.2, 0) is 13.6 Å². The predicted molar refractivity (Wildman–Crippen MR) is 63.3 cm³/mol. The highest BCUT2D eigenvalue weighted by Crippen LogP contribution is 2.18. The molecule has 1 aliphatic rings. The van der Waals surface area contributed by atoms with Gasteiger partial charge < -0.3 is 5.73 Å². The van der Waals surface area contributed by atoms with Gasteiger partial charge in [0, 0.05) is 32.7 Å². The lowest BCUT2D eigenvalue weighted by atomic mass is 10.3. The number of halogens is 2. The van der Waals surface area contributed by atoms with Gasteiger partial charge in [-0.05, 0) is 6.42 Å². The predicted octanol–water partition coefficient (Wildman–Crippen LogP) is 1.03. The minimum absolute atomic E-state index is 0. The summed E-state index contributed by atoms with van der Waals surface area (Å²) in [6.45, 7) is 2.87. The summed E-state index contributed by atoms with van der Waals surface area (Å²) in [5.74, 6) is 0. The van der Waals surface area contributed by atoms with Crippen molar-refractivity contribution in [1.82, 2.24) is 14.7 Å². The summed E-state index contributed by atoms with van der Waals surface area (Å²) in [5.41, 5.74) is 6.90. The first-order chi connectivity index (χ1) is 6.66. The smallest absolute Gasteiger partial charge is 0.0831 e. The van der Waals surface area contributed by atoms with Crippen LogP contribution >= 0.6 is 24.0 Å². The zero-order valence-electron chi connectivity index (χ0n) is 8.69. The average Bonchev–Trinajstić information content (AvgIpc) is 2.67. The molecular weight excluding hydrogens is 235 g/mol. The third-order valence-corrected chi connectivity index (χ3v) is 3.01. The van der Waals surface area contributed by atoms with E-state index in [2.05, 4.69) is 10.00 Å². The number of rotatable bonds is 2. The monoisotopic (exact) mass is 250 g/mol. The average molecular weight is 251 g/mol. The molecule has 0 bridgehead atoms. The van der Waals surface area contributed by atoms with Crippen molar-refractivity contribution in [3.05, 3.63) is 16.9 Å². The minimum Gasteiger partial charge on any atom is -0.326 e. The van der Waals surface area contributed by atoms with E-state index < -0.39 is 0 Å². The van der Waals surface area contributed by atoms with Gasteiger partial charge in [0.1, 0.15) is 0 Å². The van der Waals surface area contributed by atoms with Crippen LogP contribution in [0.4, 0.5) is 0 Å². The fourth-order valence-corrected chi connectivity index (χ4v) is 2.06. The Morgan fingerprint density at radius 3 is 2.87 bits per heavy atom. The summed E-state index contributed by atoms with van der Waals surface area (Å²) in [7, 11) is 1.91. The summed E-state index contributed by atoms with van der Waals surface area (Å²) in [6.07, 6.45) is 2.77. The molecule has 15 heavy (non-hydrogen) atoms. The van der Waals surface area contributed by atoms with Crippen LogP contribution in [0.5, 0.6) is 0 Å². The molecule has 2 rings (SSSR count). The van der Waals surface area contributed by atoms with Crippen LogP contribution in [-0.4, -0.2) is 33.8 Å². The Kier molecular flexibility index (Phi) is 4.40. The van der Waals surface area contributed by atoms with E-state index in [1.807, 2.05) is 11.7 Å². The van der Waals surface area contributed by atoms with Gasteiger partial charge in [-0.25, -0.2) is 0 Å². The second kappa shape index (κ2) is 5.16. The molecule has 0 saturated carbocycles. The first-order valence-corrected chi connectivity index (χ1v) is 5.19. The fraction of sp³-hybridized carbons (Fsp3) is 0.667. The second-order valence-corrected chi connectivity index (χ2v) is 4.25. The largest absolute Gasteiger partial charge is 0.326 e. The molecule has 6 heteroatoms. The molecular formula is C9H16Cl2N4. The van der Waals surface area contributed by atoms with Crippen LogP contribution in [0.25, 0.3) is 0 Å². The molecule has 1 atom stereocenters. The van der Waals surface area contributed by atoms with Crippen molar-refractivity contribution in [3.8, 4) is 0 Å². The van der Waals surface area contributed by atoms with E-state index in [1.165, 1.54) is 0 Å². The molecule has 0 radical (unpaired) electrons. The van der Waals surface area contributed by atoms with Crippen molar-refractivity contribution in [3.63, 3.8) is 0 Å². The quantitative estimate of drug-likeness (QED) is 0.853. The standard InChI is InChI=1S/C9H15ClN4.ClH/c1-13-9(8(10)4-12-13)6-14-3-2-7(11)5-14;/h4,7H,2-3,5-6,11H2,1H3;1H. The molecule has 0 spiro atoms. The highest BCUT2D eigenvalue weighted by atomic mass is 35.5. The van der Waals surface area contributed by atoms with E-state index in [-0.39, 0.29) is 12.4 Å². The van der Waals surface area contributed by atoms with Gasteiger partial charge in [-0.1, -0.05) is 11.6 Å². The van der Waals surface area contributed by atoms with Crippen LogP contribution in [0, 0.1) is 0 Å². The van der Waals surface area contributed by atoms with Gasteiger partial charge in [-0.15, -0.1) is 12.4 Å². The number of hydrogen-bond donors (Lipinski definition) is 1. The van der Waals surface area contributed by atoms with Gasteiger partial charge in [0.15, 0.2) is 0 Å². The minimum atomic E-state index is 0. The molecule has 1 saturated heterocycles. The lowest BCUT2D eigenvalue weighted by Crippen LogP contribution is -2.27. The van der Waals surface area contributed by atoms with Gasteiger partial charge in [0.2, 0.25) is 0 Å². The molecule has 0 aliphatic carbocycles. The molecule has 4 nitrogen and oxygen atoms in total. The highest BCUT2D eigenvalue weighted by molar-refractivity contribution is 6.31. The molecule has 0 aromatic carbocycles. The van der Waals surface area contributed by atoms with E-state index in [4.69, 9.17) is 17.3 Å². The van der Waals surface area contributed by atoms with Gasteiger partial charge in [0.25, 0.3) is 0 Å². The van der Waals surface area contributed by atoms with Gasteiger partial charge >= 0.3 is 0 Å². The molecule has 1 unspecified atom stereocenters. The van der Waals surface area contributed by atoms with E-state index in [0.717, 1.165) is 36.8 Å². The number of hydrogen-bond acceptors (Lipinski definition) is 3. The maximum atomic E-state index is 6.02. The Hall–Kier alpha value is -0.290. The SMILES string of the molecule is Cl.Cn1ncc(Cl)c1CN1CCC(N)C1. The van der Waals surface area contributed by atoms with E-state index in [1.54, 1.807) is 6.20 Å². The van der Waals surface area contributed by atoms with Gasteiger partial charge in [-0.3, -0.25) is 9.58 Å².